The van der Waals surface area contributed by atoms with Crippen molar-refractivity contribution in [1.29, 1.82) is 0 Å². The molecule has 0 aliphatic heterocycles. The van der Waals surface area contributed by atoms with Gasteiger partial charge in [-0.3, -0.25) is 4.98 Å². The van der Waals surface area contributed by atoms with E-state index in [0.29, 0.717) is 0 Å². The second-order valence-corrected chi connectivity index (χ2v) is 3.31. The molecule has 0 aromatic carbocycles. The monoisotopic (exact) mass is 230 g/mol. The Hall–Kier alpha value is -1.36. The Labute approximate surface area is 92.2 Å². The van der Waals surface area contributed by atoms with Gasteiger partial charge in [0.15, 0.2) is 0 Å². The quantitative estimate of drug-likeness (QED) is 0.860. The van der Waals surface area contributed by atoms with Crippen molar-refractivity contribution in [2.75, 3.05) is 7.05 Å². The number of alkyl halides is 3. The molecule has 0 radical (unpaired) electrons. The van der Waals surface area contributed by atoms with Crippen LogP contribution in [0.15, 0.2) is 30.6 Å². The number of hydrogen-bond donors (Lipinski definition) is 1. The van der Waals surface area contributed by atoms with Gasteiger partial charge >= 0.3 is 6.18 Å². The highest BCUT2D eigenvalue weighted by molar-refractivity contribution is 5.47. The summed E-state index contributed by atoms with van der Waals surface area (Å²) >= 11 is 0. The zero-order chi connectivity index (χ0) is 12.0. The second-order valence-electron chi connectivity index (χ2n) is 3.31. The summed E-state index contributed by atoms with van der Waals surface area (Å²) in [5.41, 5.74) is 0.791. The highest BCUT2D eigenvalue weighted by Crippen LogP contribution is 2.22. The minimum absolute atomic E-state index is 0.0884. The maximum Gasteiger partial charge on any atom is 0.404 e. The van der Waals surface area contributed by atoms with Crippen molar-refractivity contribution >= 4 is 6.08 Å². The molecular weight excluding hydrogens is 217 g/mol. The molecule has 2 nitrogen and oxygen atoms in total. The molecule has 1 atom stereocenters. The van der Waals surface area contributed by atoms with Gasteiger partial charge in [0, 0.05) is 12.4 Å². The summed E-state index contributed by atoms with van der Waals surface area (Å²) in [5, 5.41) is 2.24. The molecule has 0 saturated heterocycles. The number of halogens is 3. The van der Waals surface area contributed by atoms with Crippen molar-refractivity contribution in [3.05, 3.63) is 36.2 Å². The topological polar surface area (TPSA) is 24.9 Å². The number of hydrogen-bond acceptors (Lipinski definition) is 2. The van der Waals surface area contributed by atoms with Gasteiger partial charge in [-0.2, -0.15) is 13.2 Å². The molecule has 1 unspecified atom stereocenters. The molecule has 16 heavy (non-hydrogen) atoms. The van der Waals surface area contributed by atoms with E-state index in [0.717, 1.165) is 5.56 Å². The lowest BCUT2D eigenvalue weighted by Gasteiger charge is -2.17. The highest BCUT2D eigenvalue weighted by Gasteiger charge is 2.37. The zero-order valence-corrected chi connectivity index (χ0v) is 8.83. The van der Waals surface area contributed by atoms with Gasteiger partial charge in [-0.15, -0.1) is 0 Å². The summed E-state index contributed by atoms with van der Waals surface area (Å²) < 4.78 is 37.0. The van der Waals surface area contributed by atoms with Crippen molar-refractivity contribution in [1.82, 2.24) is 10.3 Å². The minimum atomic E-state index is -4.21. The molecule has 1 heterocycles. The smallest absolute Gasteiger partial charge is 0.309 e. The van der Waals surface area contributed by atoms with Crippen molar-refractivity contribution in [2.24, 2.45) is 0 Å². The Balaban J connectivity index is 2.53. The third kappa shape index (κ3) is 4.02. The summed E-state index contributed by atoms with van der Waals surface area (Å²) in [6.07, 6.45) is 2.03. The average Bonchev–Trinajstić information content (AvgIpc) is 2.24. The third-order valence-corrected chi connectivity index (χ3v) is 2.11. The van der Waals surface area contributed by atoms with Crippen molar-refractivity contribution in [3.63, 3.8) is 0 Å². The van der Waals surface area contributed by atoms with Crippen LogP contribution in [0.3, 0.4) is 0 Å². The van der Waals surface area contributed by atoms with Crippen LogP contribution >= 0.6 is 0 Å². The fourth-order valence-corrected chi connectivity index (χ4v) is 1.23. The largest absolute Gasteiger partial charge is 0.404 e. The van der Waals surface area contributed by atoms with Crippen LogP contribution < -0.4 is 5.32 Å². The van der Waals surface area contributed by atoms with E-state index in [1.54, 1.807) is 30.6 Å². The number of nitrogens with one attached hydrogen (secondary N) is 1. The van der Waals surface area contributed by atoms with E-state index in [2.05, 4.69) is 10.3 Å². The summed E-state index contributed by atoms with van der Waals surface area (Å²) in [7, 11) is 1.30. The van der Waals surface area contributed by atoms with E-state index in [-0.39, 0.29) is 6.42 Å². The van der Waals surface area contributed by atoms with Crippen LogP contribution in [-0.4, -0.2) is 24.2 Å². The number of aromatic nitrogens is 1. The number of rotatable bonds is 4. The molecule has 1 aromatic heterocycles. The zero-order valence-electron chi connectivity index (χ0n) is 8.83. The lowest BCUT2D eigenvalue weighted by atomic mass is 10.1. The summed E-state index contributed by atoms with van der Waals surface area (Å²) in [6.45, 7) is 0. The lowest BCUT2D eigenvalue weighted by Crippen LogP contribution is -2.39. The van der Waals surface area contributed by atoms with Gasteiger partial charge in [-0.25, -0.2) is 0 Å². The Morgan fingerprint density at radius 1 is 1.50 bits per heavy atom. The van der Waals surface area contributed by atoms with E-state index in [1.807, 2.05) is 0 Å². The number of nitrogens with zero attached hydrogens (tertiary/aromatic N) is 1. The summed E-state index contributed by atoms with van der Waals surface area (Å²) in [4.78, 5) is 3.86. The van der Waals surface area contributed by atoms with Crippen molar-refractivity contribution in [3.8, 4) is 0 Å². The van der Waals surface area contributed by atoms with Gasteiger partial charge in [0.05, 0.1) is 0 Å². The van der Waals surface area contributed by atoms with Gasteiger partial charge in [-0.05, 0) is 25.1 Å². The van der Waals surface area contributed by atoms with E-state index in [1.165, 1.54) is 13.1 Å². The summed E-state index contributed by atoms with van der Waals surface area (Å²) in [6, 6.07) is 2.02. The fraction of sp³-hybridized carbons (Fsp3) is 0.364. The van der Waals surface area contributed by atoms with Crippen molar-refractivity contribution < 1.29 is 13.2 Å². The van der Waals surface area contributed by atoms with Crippen LogP contribution in [0.1, 0.15) is 12.0 Å². The molecule has 1 rings (SSSR count). The number of pyridine rings is 1. The van der Waals surface area contributed by atoms with Gasteiger partial charge in [-0.1, -0.05) is 18.2 Å². The molecule has 1 N–H and O–H groups in total. The molecule has 0 fully saturated rings. The minimum Gasteiger partial charge on any atom is -0.309 e. The van der Waals surface area contributed by atoms with E-state index in [4.69, 9.17) is 0 Å². The van der Waals surface area contributed by atoms with E-state index < -0.39 is 12.2 Å². The van der Waals surface area contributed by atoms with Gasteiger partial charge in [0.2, 0.25) is 0 Å². The SMILES string of the molecule is CNC(C/C=C\c1cccnc1)C(F)(F)F. The maximum atomic E-state index is 12.3. The Kier molecular flexibility index (Phi) is 4.49. The molecule has 88 valence electrons. The predicted octanol–water partition coefficient (Wildman–Crippen LogP) is 2.64. The predicted molar refractivity (Wildman–Crippen MR) is 56.8 cm³/mol. The molecular formula is C11H13F3N2. The lowest BCUT2D eigenvalue weighted by molar-refractivity contribution is -0.153. The Bertz CT molecular complexity index is 333. The maximum absolute atomic E-state index is 12.3. The van der Waals surface area contributed by atoms with Crippen LogP contribution in [0.25, 0.3) is 6.08 Å². The third-order valence-electron chi connectivity index (χ3n) is 2.11. The first kappa shape index (κ1) is 12.7. The van der Waals surface area contributed by atoms with Gasteiger partial charge in [0.25, 0.3) is 0 Å². The average molecular weight is 230 g/mol. The highest BCUT2D eigenvalue weighted by atomic mass is 19.4. The van der Waals surface area contributed by atoms with Crippen LogP contribution in [0.2, 0.25) is 0 Å². The molecule has 1 aromatic rings. The fourth-order valence-electron chi connectivity index (χ4n) is 1.23. The van der Waals surface area contributed by atoms with Crippen LogP contribution in [0, 0.1) is 0 Å². The molecule has 5 heteroatoms. The van der Waals surface area contributed by atoms with E-state index in [9.17, 15) is 13.2 Å². The molecule has 0 saturated carbocycles. The first-order valence-corrected chi connectivity index (χ1v) is 4.84. The Morgan fingerprint density at radius 3 is 2.75 bits per heavy atom. The normalized spacial score (nSPS) is 14.2. The van der Waals surface area contributed by atoms with Crippen LogP contribution in [0.4, 0.5) is 13.2 Å². The van der Waals surface area contributed by atoms with Crippen LogP contribution in [-0.2, 0) is 0 Å². The molecule has 0 amide bonds. The summed E-state index contributed by atoms with van der Waals surface area (Å²) in [5.74, 6) is 0. The first-order valence-electron chi connectivity index (χ1n) is 4.84. The van der Waals surface area contributed by atoms with Gasteiger partial charge < -0.3 is 5.32 Å². The van der Waals surface area contributed by atoms with Crippen LogP contribution in [0.5, 0.6) is 0 Å². The molecule has 0 bridgehead atoms. The first-order chi connectivity index (χ1) is 7.54. The molecule has 0 spiro atoms. The van der Waals surface area contributed by atoms with Gasteiger partial charge in [0.1, 0.15) is 6.04 Å². The Morgan fingerprint density at radius 2 is 2.25 bits per heavy atom. The molecule has 0 aliphatic carbocycles. The van der Waals surface area contributed by atoms with Crippen molar-refractivity contribution in [2.45, 2.75) is 18.6 Å². The standard InChI is InChI=1S/C11H13F3N2/c1-15-10(11(12,13)14)6-2-4-9-5-3-7-16-8-9/h2-5,7-8,10,15H,6H2,1H3/b4-2-. The van der Waals surface area contributed by atoms with E-state index >= 15 is 0 Å². The second kappa shape index (κ2) is 5.65. The molecule has 0 aliphatic rings.